The number of hydrogen-bond donors (Lipinski definition) is 2. The number of likely N-dealkylation sites (N-methyl/N-ethyl adjacent to an activating group) is 1. The molecule has 0 unspecified atom stereocenters. The number of benzene rings is 3. The number of hydrogen-bond acceptors (Lipinski definition) is 8. The van der Waals surface area contributed by atoms with E-state index in [9.17, 15) is 19.5 Å². The zero-order chi connectivity index (χ0) is 34.3. The molecule has 0 bridgehead atoms. The molecule has 4 aromatic rings. The normalized spacial score (nSPS) is 11.2. The van der Waals surface area contributed by atoms with Crippen molar-refractivity contribution in [1.82, 2.24) is 19.7 Å². The van der Waals surface area contributed by atoms with Crippen LogP contribution in [0, 0.1) is 0 Å². The van der Waals surface area contributed by atoms with Gasteiger partial charge in [0.2, 0.25) is 5.91 Å². The molecule has 0 spiro atoms. The molecule has 1 heterocycles. The van der Waals surface area contributed by atoms with Gasteiger partial charge in [-0.15, -0.1) is 0 Å². The highest BCUT2D eigenvalue weighted by molar-refractivity contribution is 7.16. The Labute approximate surface area is 290 Å². The molecule has 0 saturated carbocycles. The van der Waals surface area contributed by atoms with Crippen LogP contribution in [0.15, 0.2) is 71.5 Å². The molecule has 258 valence electrons. The summed E-state index contributed by atoms with van der Waals surface area (Å²) in [6.45, 7) is 8.97. The van der Waals surface area contributed by atoms with Crippen molar-refractivity contribution in [2.45, 2.75) is 39.7 Å². The van der Waals surface area contributed by atoms with Crippen LogP contribution in [-0.2, 0) is 33.7 Å². The number of carbonyl (C=O) groups excluding carboxylic acids is 2. The first-order chi connectivity index (χ1) is 23.3. The molecule has 1 aromatic heterocycles. The number of H-pyrrole nitrogens is 1. The number of rotatable bonds is 19. The van der Waals surface area contributed by atoms with Gasteiger partial charge in [-0.25, -0.2) is 4.79 Å². The lowest BCUT2D eigenvalue weighted by Gasteiger charge is -2.29. The molecule has 0 saturated heterocycles. The van der Waals surface area contributed by atoms with Gasteiger partial charge in [-0.3, -0.25) is 9.59 Å². The van der Waals surface area contributed by atoms with Crippen molar-refractivity contribution < 1.29 is 24.2 Å². The number of nitrogens with zero attached hydrogens (tertiary/aromatic N) is 3. The summed E-state index contributed by atoms with van der Waals surface area (Å²) in [4.78, 5) is 47.1. The molecule has 0 atom stereocenters. The molecule has 0 aliphatic rings. The van der Waals surface area contributed by atoms with Crippen molar-refractivity contribution >= 4 is 45.2 Å². The van der Waals surface area contributed by atoms with E-state index in [0.29, 0.717) is 61.1 Å². The van der Waals surface area contributed by atoms with Crippen molar-refractivity contribution in [2.75, 3.05) is 59.0 Å². The maximum atomic E-state index is 13.5. The third-order valence-electron chi connectivity index (χ3n) is 8.24. The highest BCUT2D eigenvalue weighted by Crippen LogP contribution is 2.28. The van der Waals surface area contributed by atoms with Crippen LogP contribution in [0.1, 0.15) is 37.0 Å². The number of phenols is 1. The van der Waals surface area contributed by atoms with Gasteiger partial charge in [0.25, 0.3) is 0 Å². The second-order valence-corrected chi connectivity index (χ2v) is 12.8. The largest absolute Gasteiger partial charge is 0.506 e. The van der Waals surface area contributed by atoms with E-state index >= 15 is 0 Å². The fourth-order valence-corrected chi connectivity index (χ4v) is 6.32. The number of aromatic amines is 1. The zero-order valence-corrected chi connectivity index (χ0v) is 29.2. The van der Waals surface area contributed by atoms with Crippen LogP contribution in [0.2, 0.25) is 5.02 Å². The molecule has 0 radical (unpaired) electrons. The molecule has 0 aliphatic heterocycles. The van der Waals surface area contributed by atoms with Crippen LogP contribution in [0.3, 0.4) is 0 Å². The first kappa shape index (κ1) is 36.9. The van der Waals surface area contributed by atoms with Gasteiger partial charge in [-0.2, -0.15) is 0 Å². The average Bonchev–Trinajstić information content (AvgIpc) is 3.50. The molecule has 3 aromatic carbocycles. The van der Waals surface area contributed by atoms with Crippen LogP contribution in [-0.4, -0.2) is 95.8 Å². The average molecular weight is 697 g/mol. The number of nitrogens with one attached hydrogen (secondary N) is 1. The predicted molar refractivity (Wildman–Crippen MR) is 191 cm³/mol. The fraction of sp³-hybridized carbons (Fsp3) is 0.417. The number of halogens is 1. The van der Waals surface area contributed by atoms with E-state index in [1.807, 2.05) is 54.6 Å². The van der Waals surface area contributed by atoms with E-state index in [-0.39, 0.29) is 36.1 Å². The molecule has 10 nitrogen and oxygen atoms in total. The van der Waals surface area contributed by atoms with Crippen molar-refractivity contribution in [3.05, 3.63) is 98.1 Å². The Morgan fingerprint density at radius 2 is 1.54 bits per heavy atom. The smallest absolute Gasteiger partial charge is 0.410 e. The Morgan fingerprint density at radius 1 is 0.833 bits per heavy atom. The van der Waals surface area contributed by atoms with E-state index in [1.54, 1.807) is 21.9 Å². The zero-order valence-electron chi connectivity index (χ0n) is 27.7. The highest BCUT2D eigenvalue weighted by Gasteiger charge is 2.21. The maximum absolute atomic E-state index is 13.5. The van der Waals surface area contributed by atoms with Gasteiger partial charge in [0.1, 0.15) is 17.9 Å². The number of aromatic hydroxyl groups is 1. The van der Waals surface area contributed by atoms with Crippen molar-refractivity contribution in [3.8, 4) is 5.75 Å². The standard InChI is InChI=1S/C36H45ClN4O6S/c1-3-39(4-2)20-21-40(32(43)18-25-46-24-17-27-10-13-30(37)14-11-27)22-23-41(36(45)47-26-28-8-6-5-7-9-28)19-16-29-12-15-31(42)33-34(29)48-35(44)38-33/h5-15,42H,3-4,16-26H2,1-2H3,(H,38,44). The number of ether oxygens (including phenoxy) is 2. The van der Waals surface area contributed by atoms with Gasteiger partial charge in [0, 0.05) is 37.7 Å². The van der Waals surface area contributed by atoms with Crippen LogP contribution in [0.5, 0.6) is 5.75 Å². The number of carbonyl (C=O) groups is 2. The van der Waals surface area contributed by atoms with E-state index in [0.717, 1.165) is 47.5 Å². The molecular weight excluding hydrogens is 652 g/mol. The number of fused-ring (bicyclic) bond motifs is 1. The van der Waals surface area contributed by atoms with Crippen molar-refractivity contribution in [2.24, 2.45) is 0 Å². The summed E-state index contributed by atoms with van der Waals surface area (Å²) >= 11 is 7.00. The summed E-state index contributed by atoms with van der Waals surface area (Å²) < 4.78 is 12.2. The topological polar surface area (TPSA) is 115 Å². The second-order valence-electron chi connectivity index (χ2n) is 11.4. The highest BCUT2D eigenvalue weighted by atomic mass is 35.5. The predicted octanol–water partition coefficient (Wildman–Crippen LogP) is 5.95. The minimum Gasteiger partial charge on any atom is -0.506 e. The van der Waals surface area contributed by atoms with Gasteiger partial charge in [0.05, 0.1) is 24.3 Å². The van der Waals surface area contributed by atoms with Gasteiger partial charge >= 0.3 is 11.0 Å². The number of thiazole rings is 1. The maximum Gasteiger partial charge on any atom is 0.410 e. The van der Waals surface area contributed by atoms with Crippen LogP contribution in [0.25, 0.3) is 10.2 Å². The molecule has 4 rings (SSSR count). The van der Waals surface area contributed by atoms with E-state index in [1.165, 1.54) is 0 Å². The lowest BCUT2D eigenvalue weighted by Crippen LogP contribution is -2.45. The first-order valence-corrected chi connectivity index (χ1v) is 17.6. The minimum absolute atomic E-state index is 0.00235. The monoisotopic (exact) mass is 696 g/mol. The van der Waals surface area contributed by atoms with Crippen molar-refractivity contribution in [1.29, 1.82) is 0 Å². The molecule has 2 N–H and O–H groups in total. The van der Waals surface area contributed by atoms with Crippen LogP contribution < -0.4 is 4.87 Å². The number of aromatic nitrogens is 1. The molecule has 0 aliphatic carbocycles. The van der Waals surface area contributed by atoms with E-state index in [2.05, 4.69) is 23.7 Å². The summed E-state index contributed by atoms with van der Waals surface area (Å²) in [7, 11) is 0. The third kappa shape index (κ3) is 11.4. The number of amides is 2. The summed E-state index contributed by atoms with van der Waals surface area (Å²) in [5.41, 5.74) is 3.21. The fourth-order valence-electron chi connectivity index (χ4n) is 5.30. The lowest BCUT2D eigenvalue weighted by atomic mass is 10.1. The number of phenolic OH excluding ortho intramolecular Hbond substituents is 1. The molecule has 12 heteroatoms. The molecular formula is C36H45ClN4O6S. The molecule has 0 fully saturated rings. The Balaban J connectivity index is 1.41. The Kier molecular flexibility index (Phi) is 14.8. The Bertz CT molecular complexity index is 1640. The van der Waals surface area contributed by atoms with E-state index in [4.69, 9.17) is 21.1 Å². The summed E-state index contributed by atoms with van der Waals surface area (Å²) in [6, 6.07) is 20.4. The second kappa shape index (κ2) is 19.2. The summed E-state index contributed by atoms with van der Waals surface area (Å²) in [5, 5.41) is 10.9. The third-order valence-corrected chi connectivity index (χ3v) is 9.45. The van der Waals surface area contributed by atoms with E-state index < -0.39 is 6.09 Å². The first-order valence-electron chi connectivity index (χ1n) is 16.4. The van der Waals surface area contributed by atoms with Crippen LogP contribution in [0.4, 0.5) is 4.79 Å². The lowest BCUT2D eigenvalue weighted by molar-refractivity contribution is -0.132. The molecule has 48 heavy (non-hydrogen) atoms. The van der Waals surface area contributed by atoms with Gasteiger partial charge in [-0.1, -0.05) is 85.3 Å². The quantitative estimate of drug-likeness (QED) is 0.117. The SMILES string of the molecule is CCN(CC)CCN(CCN(CCc1ccc(O)c2[nH]c(=O)sc12)C(=O)OCc1ccccc1)C(=O)CCOCCc1ccc(Cl)cc1. The minimum atomic E-state index is -0.488. The van der Waals surface area contributed by atoms with Gasteiger partial charge in [0.15, 0.2) is 0 Å². The summed E-state index contributed by atoms with van der Waals surface area (Å²) in [5.74, 6) is -0.0360. The Hall–Kier alpha value is -3.90. The molecule has 2 amide bonds. The summed E-state index contributed by atoms with van der Waals surface area (Å²) in [6.07, 6.45) is 0.900. The van der Waals surface area contributed by atoms with Gasteiger partial charge < -0.3 is 34.3 Å². The van der Waals surface area contributed by atoms with Crippen molar-refractivity contribution in [3.63, 3.8) is 0 Å². The Morgan fingerprint density at radius 3 is 2.27 bits per heavy atom. The van der Waals surface area contributed by atoms with Gasteiger partial charge in [-0.05, 0) is 60.8 Å². The van der Waals surface area contributed by atoms with Crippen LogP contribution >= 0.6 is 22.9 Å².